The van der Waals surface area contributed by atoms with Crippen molar-refractivity contribution in [2.24, 2.45) is 17.8 Å². The molecule has 0 aromatic carbocycles. The van der Waals surface area contributed by atoms with Crippen LogP contribution in [-0.4, -0.2) is 45.8 Å². The summed E-state index contributed by atoms with van der Waals surface area (Å²) in [5.41, 5.74) is 1.96. The minimum atomic E-state index is -0.498. The van der Waals surface area contributed by atoms with E-state index in [1.54, 1.807) is 6.20 Å². The van der Waals surface area contributed by atoms with E-state index < -0.39 is 12.2 Å². The molecule has 0 amide bonds. The first kappa shape index (κ1) is 15.6. The molecule has 6 rings (SSSR count). The lowest BCUT2D eigenvalue weighted by molar-refractivity contribution is -0.129. The molecule has 0 spiro atoms. The molecular weight excluding hydrogens is 318 g/mol. The molecule has 0 saturated heterocycles. The highest BCUT2D eigenvalue weighted by Gasteiger charge is 2.54. The van der Waals surface area contributed by atoms with Gasteiger partial charge in [0.1, 0.15) is 12.4 Å². The van der Waals surface area contributed by atoms with E-state index in [9.17, 15) is 15.0 Å². The smallest absolute Gasteiger partial charge is 0.191 e. The van der Waals surface area contributed by atoms with Crippen LogP contribution in [0.4, 0.5) is 11.5 Å². The van der Waals surface area contributed by atoms with Crippen LogP contribution in [0.3, 0.4) is 0 Å². The molecule has 5 aliphatic rings. The molecule has 1 aromatic heterocycles. The summed E-state index contributed by atoms with van der Waals surface area (Å²) in [7, 11) is 0. The summed E-state index contributed by atoms with van der Waals surface area (Å²) >= 11 is 0. The number of pyridine rings is 1. The van der Waals surface area contributed by atoms with Gasteiger partial charge in [-0.3, -0.25) is 4.79 Å². The molecule has 4 saturated carbocycles. The third-order valence-electron chi connectivity index (χ3n) is 6.84. The molecule has 1 aromatic rings. The second-order valence-corrected chi connectivity index (χ2v) is 8.50. The van der Waals surface area contributed by atoms with Crippen LogP contribution in [0.1, 0.15) is 48.0 Å². The van der Waals surface area contributed by atoms with Crippen molar-refractivity contribution in [2.45, 2.75) is 50.2 Å². The minimum absolute atomic E-state index is 0.285. The van der Waals surface area contributed by atoms with Crippen LogP contribution in [-0.2, 0) is 6.42 Å². The summed E-state index contributed by atoms with van der Waals surface area (Å²) in [4.78, 5) is 16.6. The molecule has 2 heterocycles. The number of nitrogens with one attached hydrogen (secondary N) is 2. The molecule has 4 N–H and O–H groups in total. The molecular formula is C19H25N3O3. The number of rotatable bonds is 4. The Bertz CT molecular complexity index is 719. The number of fused-ring (bicyclic) bond motifs is 1. The van der Waals surface area contributed by atoms with Crippen molar-refractivity contribution >= 4 is 17.3 Å². The molecule has 0 radical (unpaired) electrons. The van der Waals surface area contributed by atoms with Crippen LogP contribution < -0.4 is 10.6 Å². The minimum Gasteiger partial charge on any atom is -0.390 e. The van der Waals surface area contributed by atoms with E-state index in [4.69, 9.17) is 0 Å². The first-order valence-electron chi connectivity index (χ1n) is 9.45. The van der Waals surface area contributed by atoms with Crippen LogP contribution in [0, 0.1) is 17.8 Å². The topological polar surface area (TPSA) is 94.5 Å². The number of carbonyl (C=O) groups excluding carboxylic acids is 1. The maximum Gasteiger partial charge on any atom is 0.191 e. The molecule has 5 atom stereocenters. The Morgan fingerprint density at radius 2 is 2.08 bits per heavy atom. The number of hydrogen-bond acceptors (Lipinski definition) is 6. The molecule has 1 aliphatic heterocycles. The lowest BCUT2D eigenvalue weighted by atomic mass is 9.52. The van der Waals surface area contributed by atoms with E-state index in [1.807, 2.05) is 0 Å². The van der Waals surface area contributed by atoms with Crippen LogP contribution in [0.2, 0.25) is 0 Å². The Hall–Kier alpha value is -1.66. The van der Waals surface area contributed by atoms with Crippen molar-refractivity contribution in [1.29, 1.82) is 0 Å². The molecule has 6 heteroatoms. The molecule has 6 nitrogen and oxygen atoms in total. The average molecular weight is 343 g/mol. The van der Waals surface area contributed by atoms with Crippen molar-refractivity contribution in [3.8, 4) is 0 Å². The summed E-state index contributed by atoms with van der Waals surface area (Å²) in [5.74, 6) is 2.15. The second-order valence-electron chi connectivity index (χ2n) is 8.50. The number of aliphatic hydroxyl groups is 2. The van der Waals surface area contributed by atoms with Gasteiger partial charge in [0, 0.05) is 24.3 Å². The van der Waals surface area contributed by atoms with Gasteiger partial charge in [0.2, 0.25) is 0 Å². The van der Waals surface area contributed by atoms with E-state index in [0.29, 0.717) is 29.4 Å². The fourth-order valence-corrected chi connectivity index (χ4v) is 6.10. The number of Topliss-reactive ketones (excluding diaryl/α,β-unsaturated/α-hetero) is 1. The zero-order valence-corrected chi connectivity index (χ0v) is 14.3. The maximum absolute atomic E-state index is 12.2. The number of aliphatic hydroxyl groups excluding tert-OH is 1. The Kier molecular flexibility index (Phi) is 3.38. The van der Waals surface area contributed by atoms with E-state index in [0.717, 1.165) is 49.3 Å². The number of aromatic nitrogens is 1. The van der Waals surface area contributed by atoms with Gasteiger partial charge in [-0.1, -0.05) is 0 Å². The molecule has 1 unspecified atom stereocenters. The Morgan fingerprint density at radius 3 is 2.76 bits per heavy atom. The highest BCUT2D eigenvalue weighted by molar-refractivity contribution is 6.03. The van der Waals surface area contributed by atoms with Gasteiger partial charge in [0.05, 0.1) is 16.9 Å². The van der Waals surface area contributed by atoms with Gasteiger partial charge in [-0.05, 0) is 56.3 Å². The Morgan fingerprint density at radius 1 is 1.32 bits per heavy atom. The number of carbonyl (C=O) groups is 1. The first-order valence-corrected chi connectivity index (χ1v) is 9.45. The van der Waals surface area contributed by atoms with Gasteiger partial charge < -0.3 is 20.8 Å². The molecule has 4 bridgehead atoms. The first-order chi connectivity index (χ1) is 12.1. The molecule has 4 fully saturated rings. The standard InChI is InChI=1S/C19H25N3O3/c23-9-15(24)14-8-21-18-13(1-2-20-18)17(14)22-16-11-3-10-4-12(16)7-19(25,5-10)6-11/h8,10-12,16,23,25H,1-7,9H2,(H2,20,21,22)/t10?,11-,12+,16-,19-. The van der Waals surface area contributed by atoms with Crippen molar-refractivity contribution in [1.82, 2.24) is 4.98 Å². The van der Waals surface area contributed by atoms with Crippen molar-refractivity contribution < 1.29 is 15.0 Å². The predicted octanol–water partition coefficient (Wildman–Crippen LogP) is 1.58. The van der Waals surface area contributed by atoms with Crippen molar-refractivity contribution in [2.75, 3.05) is 23.8 Å². The summed E-state index contributed by atoms with van der Waals surface area (Å²) < 4.78 is 0. The number of hydrogen-bond donors (Lipinski definition) is 4. The molecule has 25 heavy (non-hydrogen) atoms. The van der Waals surface area contributed by atoms with Crippen molar-refractivity contribution in [3.63, 3.8) is 0 Å². The lowest BCUT2D eigenvalue weighted by Crippen LogP contribution is -2.59. The quantitative estimate of drug-likeness (QED) is 0.620. The Balaban J connectivity index is 1.50. The van der Waals surface area contributed by atoms with Crippen molar-refractivity contribution in [3.05, 3.63) is 17.3 Å². The number of ketones is 1. The van der Waals surface area contributed by atoms with Gasteiger partial charge in [-0.15, -0.1) is 0 Å². The van der Waals surface area contributed by atoms with E-state index in [1.165, 1.54) is 12.8 Å². The van der Waals surface area contributed by atoms with Gasteiger partial charge in [0.15, 0.2) is 5.78 Å². The fraction of sp³-hybridized carbons (Fsp3) is 0.684. The van der Waals surface area contributed by atoms with E-state index in [-0.39, 0.29) is 5.78 Å². The van der Waals surface area contributed by atoms with E-state index >= 15 is 0 Å². The molecule has 134 valence electrons. The number of anilines is 2. The monoisotopic (exact) mass is 343 g/mol. The molecule has 4 aliphatic carbocycles. The van der Waals surface area contributed by atoms with E-state index in [2.05, 4.69) is 15.6 Å². The second kappa shape index (κ2) is 5.42. The average Bonchev–Trinajstić information content (AvgIpc) is 3.04. The lowest BCUT2D eigenvalue weighted by Gasteiger charge is -2.58. The summed E-state index contributed by atoms with van der Waals surface area (Å²) in [5, 5.41) is 27.1. The van der Waals surface area contributed by atoms with Crippen LogP contribution in [0.25, 0.3) is 0 Å². The highest BCUT2D eigenvalue weighted by Crippen LogP contribution is 2.56. The third-order valence-corrected chi connectivity index (χ3v) is 6.84. The normalized spacial score (nSPS) is 37.7. The van der Waals surface area contributed by atoms with Gasteiger partial charge in [-0.2, -0.15) is 0 Å². The predicted molar refractivity (Wildman–Crippen MR) is 93.8 cm³/mol. The van der Waals surface area contributed by atoms with Crippen LogP contribution in [0.5, 0.6) is 0 Å². The zero-order valence-electron chi connectivity index (χ0n) is 14.3. The van der Waals surface area contributed by atoms with Gasteiger partial charge in [-0.25, -0.2) is 4.98 Å². The third kappa shape index (κ3) is 2.38. The summed E-state index contributed by atoms with van der Waals surface area (Å²) in [6, 6.07) is 0.300. The van der Waals surface area contributed by atoms with Gasteiger partial charge >= 0.3 is 0 Å². The number of nitrogens with zero attached hydrogens (tertiary/aromatic N) is 1. The SMILES string of the molecule is O=C(CO)c1cnc2c(c1N[C@@H]1[C@@H]3CC4C[C@H]1C[C@@](O)(C4)C3)CCN2. The Labute approximate surface area is 147 Å². The zero-order chi connectivity index (χ0) is 17.2. The summed E-state index contributed by atoms with van der Waals surface area (Å²) in [6.07, 6.45) is 7.47. The largest absolute Gasteiger partial charge is 0.390 e. The summed E-state index contributed by atoms with van der Waals surface area (Å²) in [6.45, 7) is 0.328. The fourth-order valence-electron chi connectivity index (χ4n) is 6.10. The van der Waals surface area contributed by atoms with Gasteiger partial charge in [0.25, 0.3) is 0 Å². The van der Waals surface area contributed by atoms with Crippen LogP contribution >= 0.6 is 0 Å². The highest BCUT2D eigenvalue weighted by atomic mass is 16.3. The maximum atomic E-state index is 12.2. The van der Waals surface area contributed by atoms with Crippen LogP contribution in [0.15, 0.2) is 6.20 Å².